The molecule has 18 heavy (non-hydrogen) atoms. The van der Waals surface area contributed by atoms with Gasteiger partial charge in [0.25, 0.3) is 5.91 Å². The molecule has 1 aliphatic rings. The van der Waals surface area contributed by atoms with E-state index in [0.29, 0.717) is 0 Å². The molecule has 0 radical (unpaired) electrons. The lowest BCUT2D eigenvalue weighted by molar-refractivity contribution is 0.0780. The minimum absolute atomic E-state index is 0.168. The topological polar surface area (TPSA) is 20.3 Å². The maximum Gasteiger partial charge on any atom is 0.254 e. The Morgan fingerprint density at radius 1 is 0.944 bits per heavy atom. The van der Waals surface area contributed by atoms with E-state index in [1.807, 2.05) is 47.4 Å². The normalized spacial score (nSPS) is 13.8. The molecular formula is C16H15NO. The van der Waals surface area contributed by atoms with Gasteiger partial charge in [0, 0.05) is 18.7 Å². The molecule has 90 valence electrons. The molecule has 0 aromatic heterocycles. The van der Waals surface area contributed by atoms with Gasteiger partial charge < -0.3 is 4.90 Å². The van der Waals surface area contributed by atoms with E-state index in [9.17, 15) is 4.79 Å². The lowest BCUT2D eigenvalue weighted by atomic mass is 10.1. The Morgan fingerprint density at radius 3 is 2.44 bits per heavy atom. The predicted octanol–water partition coefficient (Wildman–Crippen LogP) is 2.89. The van der Waals surface area contributed by atoms with Crippen molar-refractivity contribution in [2.45, 2.75) is 13.0 Å². The van der Waals surface area contributed by atoms with Crippen LogP contribution >= 0.6 is 0 Å². The molecule has 1 heterocycles. The Balaban J connectivity index is 1.68. The van der Waals surface area contributed by atoms with Crippen LogP contribution in [0, 0.1) is 0 Å². The molecule has 2 heteroatoms. The number of nitrogens with zero attached hydrogens (tertiary/aromatic N) is 1. The zero-order chi connectivity index (χ0) is 12.4. The number of hydrogen-bond donors (Lipinski definition) is 0. The van der Waals surface area contributed by atoms with Crippen LogP contribution in [0.15, 0.2) is 54.6 Å². The van der Waals surface area contributed by atoms with Crippen molar-refractivity contribution in [2.75, 3.05) is 6.54 Å². The van der Waals surface area contributed by atoms with Gasteiger partial charge in [-0.1, -0.05) is 48.5 Å². The summed E-state index contributed by atoms with van der Waals surface area (Å²) in [5, 5.41) is 0. The summed E-state index contributed by atoms with van der Waals surface area (Å²) in [7, 11) is 0. The Morgan fingerprint density at radius 2 is 1.67 bits per heavy atom. The van der Waals surface area contributed by atoms with E-state index in [2.05, 4.69) is 12.1 Å². The smallest absolute Gasteiger partial charge is 0.254 e. The van der Waals surface area contributed by atoms with Crippen molar-refractivity contribution in [3.8, 4) is 0 Å². The van der Waals surface area contributed by atoms with Crippen molar-refractivity contribution in [1.29, 1.82) is 0 Å². The number of rotatable bonds is 3. The fourth-order valence-corrected chi connectivity index (χ4v) is 2.40. The lowest BCUT2D eigenvalue weighted by Crippen LogP contribution is -2.26. The van der Waals surface area contributed by atoms with Crippen molar-refractivity contribution in [1.82, 2.24) is 4.90 Å². The lowest BCUT2D eigenvalue weighted by Gasteiger charge is -2.15. The molecule has 0 unspecified atom stereocenters. The maximum absolute atomic E-state index is 12.1. The molecule has 0 fully saturated rings. The Kier molecular flexibility index (Phi) is 2.85. The molecule has 0 saturated heterocycles. The summed E-state index contributed by atoms with van der Waals surface area (Å²) in [5.74, 6) is 0.168. The van der Waals surface area contributed by atoms with Crippen LogP contribution in [0.4, 0.5) is 0 Å². The van der Waals surface area contributed by atoms with Crippen LogP contribution < -0.4 is 0 Å². The van der Waals surface area contributed by atoms with Gasteiger partial charge in [-0.15, -0.1) is 0 Å². The van der Waals surface area contributed by atoms with Gasteiger partial charge in [-0.2, -0.15) is 0 Å². The molecule has 0 saturated carbocycles. The number of fused-ring (bicyclic) bond motifs is 1. The monoisotopic (exact) mass is 237 g/mol. The van der Waals surface area contributed by atoms with Crippen molar-refractivity contribution < 1.29 is 4.79 Å². The summed E-state index contributed by atoms with van der Waals surface area (Å²) in [4.78, 5) is 14.1. The van der Waals surface area contributed by atoms with E-state index >= 15 is 0 Å². The van der Waals surface area contributed by atoms with Crippen LogP contribution in [0.2, 0.25) is 0 Å². The second-order valence-corrected chi connectivity index (χ2v) is 4.62. The van der Waals surface area contributed by atoms with Gasteiger partial charge in [-0.25, -0.2) is 0 Å². The minimum Gasteiger partial charge on any atom is -0.334 e. The average molecular weight is 237 g/mol. The van der Waals surface area contributed by atoms with Gasteiger partial charge in [0.15, 0.2) is 0 Å². The predicted molar refractivity (Wildman–Crippen MR) is 71.3 cm³/mol. The first-order valence-electron chi connectivity index (χ1n) is 6.26. The molecule has 0 aliphatic carbocycles. The van der Waals surface area contributed by atoms with E-state index in [1.54, 1.807) is 0 Å². The number of benzene rings is 2. The van der Waals surface area contributed by atoms with E-state index < -0.39 is 0 Å². The van der Waals surface area contributed by atoms with Gasteiger partial charge in [-0.3, -0.25) is 4.79 Å². The summed E-state index contributed by atoms with van der Waals surface area (Å²) in [6, 6.07) is 18.2. The quantitative estimate of drug-likeness (QED) is 0.803. The number of carbonyl (C=O) groups excluding carboxylic acids is 1. The second kappa shape index (κ2) is 4.65. The number of carbonyl (C=O) groups is 1. The third-order valence-corrected chi connectivity index (χ3v) is 3.41. The zero-order valence-electron chi connectivity index (χ0n) is 10.2. The van der Waals surface area contributed by atoms with Gasteiger partial charge >= 0.3 is 0 Å². The van der Waals surface area contributed by atoms with Crippen LogP contribution in [0.25, 0.3) is 0 Å². The van der Waals surface area contributed by atoms with Crippen LogP contribution in [0.3, 0.4) is 0 Å². The Bertz CT molecular complexity index is 562. The average Bonchev–Trinajstić information content (AvgIpc) is 2.75. The summed E-state index contributed by atoms with van der Waals surface area (Å²) >= 11 is 0. The molecular weight excluding hydrogens is 222 g/mol. The summed E-state index contributed by atoms with van der Waals surface area (Å²) in [6.45, 7) is 1.54. The van der Waals surface area contributed by atoms with Gasteiger partial charge in [0.1, 0.15) is 0 Å². The first-order valence-corrected chi connectivity index (χ1v) is 6.26. The van der Waals surface area contributed by atoms with Crippen molar-refractivity contribution in [3.63, 3.8) is 0 Å². The van der Waals surface area contributed by atoms with Crippen LogP contribution in [0.5, 0.6) is 0 Å². The molecule has 0 N–H and O–H groups in total. The number of amides is 1. The maximum atomic E-state index is 12.1. The highest BCUT2D eigenvalue weighted by molar-refractivity contribution is 5.98. The summed E-state index contributed by atoms with van der Waals surface area (Å²) in [6.07, 6.45) is 0.917. The van der Waals surface area contributed by atoms with E-state index in [0.717, 1.165) is 30.6 Å². The molecule has 0 bridgehead atoms. The van der Waals surface area contributed by atoms with Crippen molar-refractivity contribution >= 4 is 5.91 Å². The first kappa shape index (κ1) is 11.0. The SMILES string of the molecule is O=C1c2ccccc2CN1CCc1ccccc1. The standard InChI is InChI=1S/C16H15NO/c18-16-15-9-5-4-8-14(15)12-17(16)11-10-13-6-2-1-3-7-13/h1-9H,10-12H2. The minimum atomic E-state index is 0.168. The van der Waals surface area contributed by atoms with Gasteiger partial charge in [-0.05, 0) is 23.6 Å². The van der Waals surface area contributed by atoms with Crippen LogP contribution in [0.1, 0.15) is 21.5 Å². The highest BCUT2D eigenvalue weighted by Crippen LogP contribution is 2.22. The van der Waals surface area contributed by atoms with Crippen LogP contribution in [-0.4, -0.2) is 17.4 Å². The molecule has 2 aromatic carbocycles. The molecule has 1 amide bonds. The summed E-state index contributed by atoms with van der Waals surface area (Å²) in [5.41, 5.74) is 3.29. The highest BCUT2D eigenvalue weighted by atomic mass is 16.2. The van der Waals surface area contributed by atoms with Crippen LogP contribution in [-0.2, 0) is 13.0 Å². The third-order valence-electron chi connectivity index (χ3n) is 3.41. The summed E-state index contributed by atoms with van der Waals surface area (Å²) < 4.78 is 0. The van der Waals surface area contributed by atoms with E-state index in [-0.39, 0.29) is 5.91 Å². The Hall–Kier alpha value is -2.09. The molecule has 2 nitrogen and oxygen atoms in total. The fourth-order valence-electron chi connectivity index (χ4n) is 2.40. The molecule has 0 atom stereocenters. The van der Waals surface area contributed by atoms with Gasteiger partial charge in [0.2, 0.25) is 0 Å². The Labute approximate surface area is 107 Å². The molecule has 0 spiro atoms. The fraction of sp³-hybridized carbons (Fsp3) is 0.188. The highest BCUT2D eigenvalue weighted by Gasteiger charge is 2.25. The molecule has 1 aliphatic heterocycles. The van der Waals surface area contributed by atoms with E-state index in [4.69, 9.17) is 0 Å². The third kappa shape index (κ3) is 2.02. The van der Waals surface area contributed by atoms with E-state index in [1.165, 1.54) is 5.56 Å². The second-order valence-electron chi connectivity index (χ2n) is 4.62. The van der Waals surface area contributed by atoms with Crippen molar-refractivity contribution in [3.05, 3.63) is 71.3 Å². The zero-order valence-corrected chi connectivity index (χ0v) is 10.2. The molecule has 3 rings (SSSR count). The van der Waals surface area contributed by atoms with Gasteiger partial charge in [0.05, 0.1) is 0 Å². The largest absolute Gasteiger partial charge is 0.334 e. The molecule has 2 aromatic rings. The first-order chi connectivity index (χ1) is 8.84. The van der Waals surface area contributed by atoms with Crippen molar-refractivity contribution in [2.24, 2.45) is 0 Å². The number of hydrogen-bond acceptors (Lipinski definition) is 1.